The lowest BCUT2D eigenvalue weighted by atomic mass is 10.1. The van der Waals surface area contributed by atoms with E-state index >= 15 is 0 Å². The highest BCUT2D eigenvalue weighted by Crippen LogP contribution is 2.04. The zero-order chi connectivity index (χ0) is 14.2. The van der Waals surface area contributed by atoms with Crippen LogP contribution in [0.4, 0.5) is 0 Å². The van der Waals surface area contributed by atoms with Crippen molar-refractivity contribution < 1.29 is 9.90 Å². The quantitative estimate of drug-likeness (QED) is 0.334. The van der Waals surface area contributed by atoms with Crippen LogP contribution in [0.25, 0.3) is 0 Å². The Balaban J connectivity index is 3.06. The molecule has 0 saturated carbocycles. The third-order valence-electron chi connectivity index (χ3n) is 2.96. The van der Waals surface area contributed by atoms with E-state index in [0.29, 0.717) is 19.6 Å². The minimum absolute atomic E-state index is 0.102. The van der Waals surface area contributed by atoms with Crippen molar-refractivity contribution in [3.05, 3.63) is 12.7 Å². The van der Waals surface area contributed by atoms with Gasteiger partial charge in [-0.2, -0.15) is 0 Å². The molecule has 1 amide bonds. The van der Waals surface area contributed by atoms with Crippen molar-refractivity contribution in [1.82, 2.24) is 10.6 Å². The van der Waals surface area contributed by atoms with Crippen molar-refractivity contribution in [2.75, 3.05) is 26.2 Å². The van der Waals surface area contributed by atoms with Gasteiger partial charge < -0.3 is 15.7 Å². The summed E-state index contributed by atoms with van der Waals surface area (Å²) in [5.74, 6) is 0.102. The first-order chi connectivity index (χ1) is 9.31. The molecule has 0 spiro atoms. The molecule has 112 valence electrons. The normalized spacial score (nSPS) is 10.4. The fourth-order valence-electron chi connectivity index (χ4n) is 1.81. The smallest absolute Gasteiger partial charge is 0.220 e. The summed E-state index contributed by atoms with van der Waals surface area (Å²) in [4.78, 5) is 11.3. The second kappa shape index (κ2) is 15.2. The van der Waals surface area contributed by atoms with Crippen LogP contribution < -0.4 is 10.6 Å². The molecule has 0 aromatic heterocycles. The molecule has 0 atom stereocenters. The Morgan fingerprint density at radius 1 is 1.00 bits per heavy atom. The summed E-state index contributed by atoms with van der Waals surface area (Å²) in [6.07, 6.45) is 10.0. The first-order valence-electron chi connectivity index (χ1n) is 7.50. The van der Waals surface area contributed by atoms with Crippen LogP contribution in [-0.2, 0) is 4.79 Å². The number of hydrogen-bond acceptors (Lipinski definition) is 3. The minimum atomic E-state index is 0.102. The zero-order valence-corrected chi connectivity index (χ0v) is 12.1. The van der Waals surface area contributed by atoms with E-state index in [0.717, 1.165) is 32.4 Å². The van der Waals surface area contributed by atoms with E-state index in [9.17, 15) is 4.79 Å². The van der Waals surface area contributed by atoms with Gasteiger partial charge in [-0.15, -0.1) is 6.58 Å². The van der Waals surface area contributed by atoms with E-state index in [4.69, 9.17) is 5.11 Å². The van der Waals surface area contributed by atoms with Gasteiger partial charge in [-0.05, 0) is 25.8 Å². The highest BCUT2D eigenvalue weighted by atomic mass is 16.2. The van der Waals surface area contributed by atoms with E-state index in [-0.39, 0.29) is 5.91 Å². The maximum Gasteiger partial charge on any atom is 0.220 e. The summed E-state index contributed by atoms with van der Waals surface area (Å²) >= 11 is 0. The number of nitrogens with one attached hydrogen (secondary N) is 2. The monoisotopic (exact) mass is 270 g/mol. The predicted molar refractivity (Wildman–Crippen MR) is 80.1 cm³/mol. The van der Waals surface area contributed by atoms with Crippen LogP contribution in [0.5, 0.6) is 0 Å². The molecular weight excluding hydrogens is 240 g/mol. The lowest BCUT2D eigenvalue weighted by molar-refractivity contribution is -0.120. The maximum absolute atomic E-state index is 11.3. The Morgan fingerprint density at radius 3 is 2.37 bits per heavy atom. The second-order valence-electron chi connectivity index (χ2n) is 4.77. The molecule has 19 heavy (non-hydrogen) atoms. The van der Waals surface area contributed by atoms with Gasteiger partial charge in [0.15, 0.2) is 0 Å². The highest BCUT2D eigenvalue weighted by molar-refractivity contribution is 5.75. The van der Waals surface area contributed by atoms with Crippen LogP contribution in [0.1, 0.15) is 51.4 Å². The fraction of sp³-hybridized carbons (Fsp3) is 0.800. The fourth-order valence-corrected chi connectivity index (χ4v) is 1.81. The summed E-state index contributed by atoms with van der Waals surface area (Å²) in [6.45, 7) is 6.46. The van der Waals surface area contributed by atoms with E-state index in [1.807, 2.05) is 0 Å². The summed E-state index contributed by atoms with van der Waals surface area (Å²) < 4.78 is 0. The second-order valence-corrected chi connectivity index (χ2v) is 4.77. The number of amides is 1. The standard InChI is InChI=1S/C15H30N2O2/c1-2-3-10-15(19)17-13-12-16-11-8-6-4-5-7-9-14-18/h2,16,18H,1,3-14H2,(H,17,19). The van der Waals surface area contributed by atoms with Gasteiger partial charge in [0.1, 0.15) is 0 Å². The molecule has 4 heteroatoms. The Labute approximate surface area is 117 Å². The lowest BCUT2D eigenvalue weighted by Gasteiger charge is -2.06. The third kappa shape index (κ3) is 15.1. The highest BCUT2D eigenvalue weighted by Gasteiger charge is 1.97. The average Bonchev–Trinajstić information content (AvgIpc) is 2.42. The zero-order valence-electron chi connectivity index (χ0n) is 12.1. The summed E-state index contributed by atoms with van der Waals surface area (Å²) in [5, 5.41) is 14.8. The number of allylic oxidation sites excluding steroid dienone is 1. The molecule has 0 fully saturated rings. The third-order valence-corrected chi connectivity index (χ3v) is 2.96. The van der Waals surface area contributed by atoms with Crippen LogP contribution in [-0.4, -0.2) is 37.3 Å². The van der Waals surface area contributed by atoms with Gasteiger partial charge in [-0.1, -0.05) is 31.8 Å². The summed E-state index contributed by atoms with van der Waals surface area (Å²) in [7, 11) is 0. The van der Waals surface area contributed by atoms with Crippen molar-refractivity contribution >= 4 is 5.91 Å². The Morgan fingerprint density at radius 2 is 1.68 bits per heavy atom. The van der Waals surface area contributed by atoms with Crippen LogP contribution in [0.3, 0.4) is 0 Å². The van der Waals surface area contributed by atoms with Crippen LogP contribution >= 0.6 is 0 Å². The first kappa shape index (κ1) is 18.1. The molecule has 0 aromatic rings. The topological polar surface area (TPSA) is 61.4 Å². The van der Waals surface area contributed by atoms with Gasteiger partial charge in [0, 0.05) is 26.1 Å². The van der Waals surface area contributed by atoms with Crippen molar-refractivity contribution in [1.29, 1.82) is 0 Å². The molecule has 0 radical (unpaired) electrons. The van der Waals surface area contributed by atoms with Crippen LogP contribution in [0.15, 0.2) is 12.7 Å². The summed E-state index contributed by atoms with van der Waals surface area (Å²) in [5.41, 5.74) is 0. The van der Waals surface area contributed by atoms with Crippen molar-refractivity contribution in [3.63, 3.8) is 0 Å². The van der Waals surface area contributed by atoms with Crippen molar-refractivity contribution in [2.45, 2.75) is 51.4 Å². The maximum atomic E-state index is 11.3. The lowest BCUT2D eigenvalue weighted by Crippen LogP contribution is -2.31. The van der Waals surface area contributed by atoms with Crippen LogP contribution in [0, 0.1) is 0 Å². The Hall–Kier alpha value is -0.870. The summed E-state index contributed by atoms with van der Waals surface area (Å²) in [6, 6.07) is 0. The molecule has 0 unspecified atom stereocenters. The molecule has 0 aliphatic carbocycles. The molecule has 0 rings (SSSR count). The Kier molecular flexibility index (Phi) is 14.5. The Bertz CT molecular complexity index is 220. The number of rotatable bonds is 14. The van der Waals surface area contributed by atoms with Gasteiger partial charge >= 0.3 is 0 Å². The molecule has 3 N–H and O–H groups in total. The number of hydrogen-bond donors (Lipinski definition) is 3. The average molecular weight is 270 g/mol. The van der Waals surface area contributed by atoms with E-state index in [2.05, 4.69) is 17.2 Å². The molecule has 0 aliphatic rings. The molecule has 0 bridgehead atoms. The number of carbonyl (C=O) groups excluding carboxylic acids is 1. The minimum Gasteiger partial charge on any atom is -0.396 e. The number of aliphatic hydroxyl groups is 1. The predicted octanol–water partition coefficient (Wildman–Crippen LogP) is 1.99. The molecule has 0 heterocycles. The van der Waals surface area contributed by atoms with Gasteiger partial charge in [0.25, 0.3) is 0 Å². The molecule has 0 aromatic carbocycles. The van der Waals surface area contributed by atoms with Crippen molar-refractivity contribution in [3.8, 4) is 0 Å². The SMILES string of the molecule is C=CCCC(=O)NCCNCCCCCCCCO. The van der Waals surface area contributed by atoms with Gasteiger partial charge in [-0.3, -0.25) is 4.79 Å². The largest absolute Gasteiger partial charge is 0.396 e. The number of aliphatic hydroxyl groups excluding tert-OH is 1. The first-order valence-corrected chi connectivity index (χ1v) is 7.50. The van der Waals surface area contributed by atoms with E-state index in [1.165, 1.54) is 25.7 Å². The number of carbonyl (C=O) groups is 1. The van der Waals surface area contributed by atoms with E-state index in [1.54, 1.807) is 6.08 Å². The van der Waals surface area contributed by atoms with Gasteiger partial charge in [0.2, 0.25) is 5.91 Å². The molecule has 4 nitrogen and oxygen atoms in total. The van der Waals surface area contributed by atoms with E-state index < -0.39 is 0 Å². The molecule has 0 saturated heterocycles. The van der Waals surface area contributed by atoms with Gasteiger partial charge in [-0.25, -0.2) is 0 Å². The van der Waals surface area contributed by atoms with Crippen molar-refractivity contribution in [2.24, 2.45) is 0 Å². The number of unbranched alkanes of at least 4 members (excludes halogenated alkanes) is 5. The molecule has 0 aliphatic heterocycles. The molecular formula is C15H30N2O2. The van der Waals surface area contributed by atoms with Crippen LogP contribution in [0.2, 0.25) is 0 Å². The van der Waals surface area contributed by atoms with Gasteiger partial charge in [0.05, 0.1) is 0 Å².